The summed E-state index contributed by atoms with van der Waals surface area (Å²) in [5, 5.41) is 18.8. The molecule has 1 aromatic rings. The third kappa shape index (κ3) is 4.74. The largest absolute Gasteiger partial charge is 0.480 e. The summed E-state index contributed by atoms with van der Waals surface area (Å²) in [6.45, 7) is 5.33. The molecular formula is C22H26N4O4S2. The topological polar surface area (TPSA) is 107 Å². The van der Waals surface area contributed by atoms with Crippen molar-refractivity contribution < 1.29 is 14.7 Å². The van der Waals surface area contributed by atoms with Gasteiger partial charge in [-0.1, -0.05) is 37.3 Å². The smallest absolute Gasteiger partial charge is 0.323 e. The van der Waals surface area contributed by atoms with E-state index in [-0.39, 0.29) is 15.4 Å². The van der Waals surface area contributed by atoms with Crippen molar-refractivity contribution >= 4 is 52.1 Å². The van der Waals surface area contributed by atoms with Crippen LogP contribution in [0.15, 0.2) is 9.70 Å². The summed E-state index contributed by atoms with van der Waals surface area (Å²) in [5.74, 6) is -0.896. The third-order valence-corrected chi connectivity index (χ3v) is 7.06. The summed E-state index contributed by atoms with van der Waals surface area (Å²) in [5.41, 5.74) is 0.924. The number of unbranched alkanes of at least 4 members (excludes halogenated alkanes) is 1. The van der Waals surface area contributed by atoms with Crippen LogP contribution in [-0.2, 0) is 16.1 Å². The lowest BCUT2D eigenvalue weighted by Gasteiger charge is -2.33. The second-order valence-corrected chi connectivity index (χ2v) is 9.54. The molecule has 3 rings (SSSR count). The molecular weight excluding hydrogens is 448 g/mol. The van der Waals surface area contributed by atoms with Crippen LogP contribution in [-0.4, -0.2) is 50.4 Å². The van der Waals surface area contributed by atoms with Crippen molar-refractivity contribution in [3.8, 4) is 6.07 Å². The van der Waals surface area contributed by atoms with Gasteiger partial charge in [-0.05, 0) is 44.2 Å². The first-order valence-corrected chi connectivity index (χ1v) is 11.9. The summed E-state index contributed by atoms with van der Waals surface area (Å²) >= 11 is 6.26. The fourth-order valence-corrected chi connectivity index (χ4v) is 5.25. The molecule has 10 heteroatoms. The summed E-state index contributed by atoms with van der Waals surface area (Å²) in [7, 11) is 0. The van der Waals surface area contributed by atoms with Gasteiger partial charge in [0.15, 0.2) is 0 Å². The highest BCUT2D eigenvalue weighted by molar-refractivity contribution is 8.26. The molecule has 2 aliphatic heterocycles. The predicted molar refractivity (Wildman–Crippen MR) is 129 cm³/mol. The molecule has 32 heavy (non-hydrogen) atoms. The Hall–Kier alpha value is -2.64. The number of nitriles is 1. The molecule has 3 heterocycles. The zero-order valence-electron chi connectivity index (χ0n) is 18.2. The first-order chi connectivity index (χ1) is 15.3. The molecule has 0 aliphatic carbocycles. The SMILES string of the molecule is CCCCn1c(N2CCCCC2)c(/C=C2\SC(=S)N(CC(=O)O)C2=O)c(C)c(C#N)c1=O. The molecule has 0 saturated carbocycles. The van der Waals surface area contributed by atoms with Crippen LogP contribution in [0.5, 0.6) is 0 Å². The lowest BCUT2D eigenvalue weighted by atomic mass is 10.0. The molecule has 0 bridgehead atoms. The van der Waals surface area contributed by atoms with Crippen molar-refractivity contribution in [3.05, 3.63) is 31.9 Å². The minimum Gasteiger partial charge on any atom is -0.480 e. The van der Waals surface area contributed by atoms with Crippen molar-refractivity contribution in [2.45, 2.75) is 52.5 Å². The number of thiocarbonyl (C=S) groups is 1. The quantitative estimate of drug-likeness (QED) is 0.475. The molecule has 1 amide bonds. The van der Waals surface area contributed by atoms with Crippen molar-refractivity contribution in [2.75, 3.05) is 24.5 Å². The van der Waals surface area contributed by atoms with E-state index in [1.165, 1.54) is 0 Å². The fourth-order valence-electron chi connectivity index (χ4n) is 4.02. The maximum Gasteiger partial charge on any atom is 0.323 e. The number of carbonyl (C=O) groups is 2. The maximum absolute atomic E-state index is 13.2. The Morgan fingerprint density at radius 2 is 1.97 bits per heavy atom. The molecule has 0 aromatic carbocycles. The third-order valence-electron chi connectivity index (χ3n) is 5.68. The highest BCUT2D eigenvalue weighted by Crippen LogP contribution is 2.36. The summed E-state index contributed by atoms with van der Waals surface area (Å²) < 4.78 is 1.85. The number of nitrogens with zero attached hydrogens (tertiary/aromatic N) is 4. The minimum absolute atomic E-state index is 0.0640. The number of carbonyl (C=O) groups excluding carboxylic acids is 1. The van der Waals surface area contributed by atoms with Crippen molar-refractivity contribution in [3.63, 3.8) is 0 Å². The van der Waals surface area contributed by atoms with Gasteiger partial charge in [-0.25, -0.2) is 0 Å². The van der Waals surface area contributed by atoms with E-state index < -0.39 is 18.4 Å². The van der Waals surface area contributed by atoms with Crippen LogP contribution in [0.3, 0.4) is 0 Å². The number of thioether (sulfide) groups is 1. The van der Waals surface area contributed by atoms with Gasteiger partial charge < -0.3 is 10.0 Å². The Labute approximate surface area is 196 Å². The number of aliphatic carboxylic acids is 1. The fraction of sp³-hybridized carbons (Fsp3) is 0.500. The Balaban J connectivity index is 2.21. The molecule has 1 N–H and O–H groups in total. The first-order valence-electron chi connectivity index (χ1n) is 10.7. The Kier molecular flexibility index (Phi) is 7.74. The number of carboxylic acids is 1. The summed E-state index contributed by atoms with van der Waals surface area (Å²) in [4.78, 5) is 40.7. The van der Waals surface area contributed by atoms with Crippen LogP contribution in [0.1, 0.15) is 55.7 Å². The van der Waals surface area contributed by atoms with Crippen molar-refractivity contribution in [1.29, 1.82) is 5.26 Å². The van der Waals surface area contributed by atoms with Crippen LogP contribution in [0.2, 0.25) is 0 Å². The molecule has 170 valence electrons. The Morgan fingerprint density at radius 1 is 1.28 bits per heavy atom. The van der Waals surface area contributed by atoms with Gasteiger partial charge in [0, 0.05) is 25.2 Å². The van der Waals surface area contributed by atoms with E-state index in [0.29, 0.717) is 22.6 Å². The van der Waals surface area contributed by atoms with Crippen LogP contribution in [0.25, 0.3) is 6.08 Å². The maximum atomic E-state index is 13.2. The van der Waals surface area contributed by atoms with Crippen LogP contribution >= 0.6 is 24.0 Å². The van der Waals surface area contributed by atoms with E-state index in [4.69, 9.17) is 17.3 Å². The minimum atomic E-state index is -1.15. The van der Waals surface area contributed by atoms with Crippen molar-refractivity contribution in [2.24, 2.45) is 0 Å². The molecule has 0 radical (unpaired) electrons. The molecule has 2 aliphatic rings. The van der Waals surface area contributed by atoms with Crippen molar-refractivity contribution in [1.82, 2.24) is 9.47 Å². The van der Waals surface area contributed by atoms with Gasteiger partial charge in [0.05, 0.1) is 4.91 Å². The van der Waals surface area contributed by atoms with E-state index in [0.717, 1.165) is 67.7 Å². The molecule has 0 spiro atoms. The van der Waals surface area contributed by atoms with Crippen LogP contribution < -0.4 is 10.5 Å². The van der Waals surface area contributed by atoms with Crippen LogP contribution in [0.4, 0.5) is 5.82 Å². The average Bonchev–Trinajstić information content (AvgIpc) is 3.02. The molecule has 1 aromatic heterocycles. The van der Waals surface area contributed by atoms with Gasteiger partial charge in [0.25, 0.3) is 11.5 Å². The number of aromatic nitrogens is 1. The van der Waals surface area contributed by atoms with Gasteiger partial charge in [-0.3, -0.25) is 23.9 Å². The van der Waals surface area contributed by atoms with Gasteiger partial charge in [0.1, 0.15) is 28.3 Å². The number of rotatable bonds is 7. The number of carboxylic acid groups (broad SMARTS) is 1. The molecule has 2 saturated heterocycles. The number of pyridine rings is 1. The zero-order chi connectivity index (χ0) is 23.4. The van der Waals surface area contributed by atoms with Gasteiger partial charge in [0.2, 0.25) is 0 Å². The highest BCUT2D eigenvalue weighted by Gasteiger charge is 2.34. The summed E-state index contributed by atoms with van der Waals surface area (Å²) in [6.07, 6.45) is 6.47. The zero-order valence-corrected chi connectivity index (χ0v) is 19.9. The van der Waals surface area contributed by atoms with E-state index in [9.17, 15) is 19.6 Å². The predicted octanol–water partition coefficient (Wildman–Crippen LogP) is 3.10. The van der Waals surface area contributed by atoms with Gasteiger partial charge in [-0.15, -0.1) is 0 Å². The number of hydrogen-bond acceptors (Lipinski definition) is 7. The molecule has 2 fully saturated rings. The lowest BCUT2D eigenvalue weighted by Crippen LogP contribution is -2.37. The number of piperidine rings is 1. The Bertz CT molecular complexity index is 1080. The number of anilines is 1. The molecule has 8 nitrogen and oxygen atoms in total. The second-order valence-electron chi connectivity index (χ2n) is 7.87. The monoisotopic (exact) mass is 474 g/mol. The van der Waals surface area contributed by atoms with Crippen LogP contribution in [0, 0.1) is 18.3 Å². The lowest BCUT2D eigenvalue weighted by molar-refractivity contribution is -0.140. The van der Waals surface area contributed by atoms with E-state index in [1.54, 1.807) is 17.6 Å². The second kappa shape index (κ2) is 10.3. The normalized spacial score (nSPS) is 17.8. The van der Waals surface area contributed by atoms with Gasteiger partial charge in [-0.2, -0.15) is 5.26 Å². The number of hydrogen-bond donors (Lipinski definition) is 1. The highest BCUT2D eigenvalue weighted by atomic mass is 32.2. The standard InChI is InChI=1S/C22H26N4O4S2/c1-3-4-10-25-19(24-8-6-5-7-9-24)15(14(2)16(12-23)20(25)29)11-17-21(30)26(13-18(27)28)22(31)32-17/h11H,3-10,13H2,1-2H3,(H,27,28)/b17-11-. The average molecular weight is 475 g/mol. The van der Waals surface area contributed by atoms with E-state index in [2.05, 4.69) is 4.90 Å². The number of amides is 1. The first kappa shape index (κ1) is 24.0. The summed E-state index contributed by atoms with van der Waals surface area (Å²) in [6, 6.07) is 2.04. The van der Waals surface area contributed by atoms with E-state index >= 15 is 0 Å². The van der Waals surface area contributed by atoms with E-state index in [1.807, 2.05) is 13.0 Å². The Morgan fingerprint density at radius 3 is 2.56 bits per heavy atom. The molecule has 0 atom stereocenters. The van der Waals surface area contributed by atoms with Gasteiger partial charge >= 0.3 is 5.97 Å². The molecule has 0 unspecified atom stereocenters.